The molecular formula is C6H10BrN3. The zero-order valence-corrected chi connectivity index (χ0v) is 7.64. The van der Waals surface area contributed by atoms with Gasteiger partial charge in [-0.1, -0.05) is 0 Å². The zero-order valence-electron chi connectivity index (χ0n) is 6.06. The Labute approximate surface area is 68.6 Å². The van der Waals surface area contributed by atoms with Gasteiger partial charge in [-0.25, -0.2) is 0 Å². The topological polar surface area (TPSA) is 29.9 Å². The molecule has 0 aliphatic carbocycles. The molecule has 10 heavy (non-hydrogen) atoms. The number of nitrogens with zero attached hydrogens (tertiary/aromatic N) is 2. The van der Waals surface area contributed by atoms with Crippen molar-refractivity contribution in [2.75, 3.05) is 7.05 Å². The third kappa shape index (κ3) is 1.38. The van der Waals surface area contributed by atoms with Crippen LogP contribution in [0.3, 0.4) is 0 Å². The Morgan fingerprint density at radius 3 is 2.90 bits per heavy atom. The van der Waals surface area contributed by atoms with E-state index in [2.05, 4.69) is 26.3 Å². The Balaban J connectivity index is 2.87. The van der Waals surface area contributed by atoms with Gasteiger partial charge in [-0.2, -0.15) is 5.10 Å². The Kier molecular flexibility index (Phi) is 2.45. The Morgan fingerprint density at radius 1 is 1.80 bits per heavy atom. The van der Waals surface area contributed by atoms with Crippen LogP contribution >= 0.6 is 15.9 Å². The van der Waals surface area contributed by atoms with E-state index in [1.807, 2.05) is 18.8 Å². The molecule has 0 spiro atoms. The fourth-order valence-electron chi connectivity index (χ4n) is 0.802. The number of rotatable bonds is 2. The highest BCUT2D eigenvalue weighted by Gasteiger charge is 2.02. The van der Waals surface area contributed by atoms with Crippen LogP contribution in [-0.4, -0.2) is 16.8 Å². The van der Waals surface area contributed by atoms with E-state index in [0.717, 1.165) is 11.0 Å². The molecule has 3 nitrogen and oxygen atoms in total. The maximum atomic E-state index is 4.06. The zero-order chi connectivity index (χ0) is 7.56. The summed E-state index contributed by atoms with van der Waals surface area (Å²) >= 11 is 3.39. The second-order valence-corrected chi connectivity index (χ2v) is 2.95. The van der Waals surface area contributed by atoms with Crippen molar-refractivity contribution in [1.29, 1.82) is 0 Å². The van der Waals surface area contributed by atoms with Gasteiger partial charge in [0.15, 0.2) is 0 Å². The molecule has 0 atom stereocenters. The molecule has 1 rings (SSSR count). The van der Waals surface area contributed by atoms with Gasteiger partial charge in [0, 0.05) is 13.6 Å². The summed E-state index contributed by atoms with van der Waals surface area (Å²) in [6, 6.07) is 0. The molecule has 1 N–H and O–H groups in total. The van der Waals surface area contributed by atoms with Crippen molar-refractivity contribution in [3.8, 4) is 0 Å². The molecule has 4 heteroatoms. The van der Waals surface area contributed by atoms with Gasteiger partial charge < -0.3 is 5.32 Å². The number of halogens is 1. The Hall–Kier alpha value is -0.350. The second kappa shape index (κ2) is 3.16. The lowest BCUT2D eigenvalue weighted by molar-refractivity contribution is 0.670. The van der Waals surface area contributed by atoms with Crippen molar-refractivity contribution in [2.45, 2.75) is 6.54 Å². The molecule has 0 fully saturated rings. The quantitative estimate of drug-likeness (QED) is 0.775. The average Bonchev–Trinajstić information content (AvgIpc) is 2.20. The summed E-state index contributed by atoms with van der Waals surface area (Å²) in [6.07, 6.45) is 1.80. The first-order chi connectivity index (χ1) is 4.75. The van der Waals surface area contributed by atoms with Crippen molar-refractivity contribution in [3.05, 3.63) is 16.4 Å². The predicted octanol–water partition coefficient (Wildman–Crippen LogP) is 0.902. The van der Waals surface area contributed by atoms with Crippen molar-refractivity contribution < 1.29 is 0 Å². The molecule has 56 valence electrons. The summed E-state index contributed by atoms with van der Waals surface area (Å²) in [5, 5.41) is 7.13. The summed E-state index contributed by atoms with van der Waals surface area (Å²) in [7, 11) is 3.84. The van der Waals surface area contributed by atoms with Gasteiger partial charge in [-0.3, -0.25) is 4.68 Å². The van der Waals surface area contributed by atoms with Crippen molar-refractivity contribution in [3.63, 3.8) is 0 Å². The van der Waals surface area contributed by atoms with E-state index in [1.54, 1.807) is 6.20 Å². The fourth-order valence-corrected chi connectivity index (χ4v) is 1.29. The third-order valence-electron chi connectivity index (χ3n) is 1.35. The van der Waals surface area contributed by atoms with E-state index in [9.17, 15) is 0 Å². The number of hydrogen-bond acceptors (Lipinski definition) is 2. The summed E-state index contributed by atoms with van der Waals surface area (Å²) in [4.78, 5) is 0. The van der Waals surface area contributed by atoms with Crippen LogP contribution in [0.2, 0.25) is 0 Å². The van der Waals surface area contributed by atoms with E-state index in [-0.39, 0.29) is 0 Å². The van der Waals surface area contributed by atoms with Gasteiger partial charge in [0.25, 0.3) is 0 Å². The number of hydrogen-bond donors (Lipinski definition) is 1. The SMILES string of the molecule is CNCc1c(Br)cnn1C. The van der Waals surface area contributed by atoms with Crippen LogP contribution in [0.1, 0.15) is 5.69 Å². The van der Waals surface area contributed by atoms with Gasteiger partial charge in [0.05, 0.1) is 16.4 Å². The fraction of sp³-hybridized carbons (Fsp3) is 0.500. The van der Waals surface area contributed by atoms with Crippen molar-refractivity contribution in [2.24, 2.45) is 7.05 Å². The molecule has 0 aliphatic rings. The molecule has 1 aromatic heterocycles. The maximum absolute atomic E-state index is 4.06. The maximum Gasteiger partial charge on any atom is 0.0660 e. The first kappa shape index (κ1) is 7.75. The van der Waals surface area contributed by atoms with E-state index < -0.39 is 0 Å². The lowest BCUT2D eigenvalue weighted by atomic mass is 10.4. The average molecular weight is 204 g/mol. The molecule has 0 saturated heterocycles. The largest absolute Gasteiger partial charge is 0.314 e. The molecule has 1 aromatic rings. The van der Waals surface area contributed by atoms with Gasteiger partial charge in [0.2, 0.25) is 0 Å². The highest BCUT2D eigenvalue weighted by Crippen LogP contribution is 2.13. The Bertz CT molecular complexity index is 199. The van der Waals surface area contributed by atoms with E-state index >= 15 is 0 Å². The Morgan fingerprint density at radius 2 is 2.50 bits per heavy atom. The molecule has 0 radical (unpaired) electrons. The lowest BCUT2D eigenvalue weighted by Crippen LogP contribution is -2.10. The minimum atomic E-state index is 0.844. The highest BCUT2D eigenvalue weighted by atomic mass is 79.9. The lowest BCUT2D eigenvalue weighted by Gasteiger charge is -1.99. The van der Waals surface area contributed by atoms with Crippen molar-refractivity contribution in [1.82, 2.24) is 15.1 Å². The van der Waals surface area contributed by atoms with Crippen LogP contribution in [0, 0.1) is 0 Å². The molecule has 0 unspecified atom stereocenters. The summed E-state index contributed by atoms with van der Waals surface area (Å²) < 4.78 is 2.91. The molecule has 0 bridgehead atoms. The first-order valence-corrected chi connectivity index (χ1v) is 3.86. The van der Waals surface area contributed by atoms with Gasteiger partial charge in [0.1, 0.15) is 0 Å². The van der Waals surface area contributed by atoms with Gasteiger partial charge in [-0.05, 0) is 23.0 Å². The van der Waals surface area contributed by atoms with Crippen LogP contribution in [-0.2, 0) is 13.6 Å². The normalized spacial score (nSPS) is 10.3. The molecule has 1 heterocycles. The van der Waals surface area contributed by atoms with Crippen LogP contribution in [0.15, 0.2) is 10.7 Å². The molecule has 0 aliphatic heterocycles. The standard InChI is InChI=1S/C6H10BrN3/c1-8-4-6-5(7)3-9-10(6)2/h3,8H,4H2,1-2H3. The summed E-state index contributed by atoms with van der Waals surface area (Å²) in [5.41, 5.74) is 1.17. The molecule has 0 saturated carbocycles. The smallest absolute Gasteiger partial charge is 0.0660 e. The van der Waals surface area contributed by atoms with Crippen LogP contribution in [0.4, 0.5) is 0 Å². The predicted molar refractivity (Wildman–Crippen MR) is 43.7 cm³/mol. The third-order valence-corrected chi connectivity index (χ3v) is 2.02. The van der Waals surface area contributed by atoms with E-state index in [4.69, 9.17) is 0 Å². The molecule has 0 aromatic carbocycles. The summed E-state index contributed by atoms with van der Waals surface area (Å²) in [6.45, 7) is 0.844. The minimum Gasteiger partial charge on any atom is -0.314 e. The number of nitrogens with one attached hydrogen (secondary N) is 1. The van der Waals surface area contributed by atoms with Crippen LogP contribution < -0.4 is 5.32 Å². The number of aromatic nitrogens is 2. The first-order valence-electron chi connectivity index (χ1n) is 3.06. The van der Waals surface area contributed by atoms with E-state index in [1.165, 1.54) is 5.69 Å². The van der Waals surface area contributed by atoms with Gasteiger partial charge in [-0.15, -0.1) is 0 Å². The number of aryl methyl sites for hydroxylation is 1. The monoisotopic (exact) mass is 203 g/mol. The molecular weight excluding hydrogens is 194 g/mol. The summed E-state index contributed by atoms with van der Waals surface area (Å²) in [5.74, 6) is 0. The molecule has 0 amide bonds. The highest BCUT2D eigenvalue weighted by molar-refractivity contribution is 9.10. The van der Waals surface area contributed by atoms with Gasteiger partial charge >= 0.3 is 0 Å². The minimum absolute atomic E-state index is 0.844. The van der Waals surface area contributed by atoms with E-state index in [0.29, 0.717) is 0 Å². The van der Waals surface area contributed by atoms with Crippen LogP contribution in [0.5, 0.6) is 0 Å². The van der Waals surface area contributed by atoms with Crippen LogP contribution in [0.25, 0.3) is 0 Å². The van der Waals surface area contributed by atoms with Crippen molar-refractivity contribution >= 4 is 15.9 Å². The second-order valence-electron chi connectivity index (χ2n) is 2.09.